The third-order valence-electron chi connectivity index (χ3n) is 3.07. The number of tetrazole rings is 1. The van der Waals surface area contributed by atoms with Crippen LogP contribution in [-0.4, -0.2) is 25.7 Å². The zero-order valence-corrected chi connectivity index (χ0v) is 12.6. The van der Waals surface area contributed by atoms with E-state index in [1.165, 1.54) is 0 Å². The number of aromatic nitrogens is 4. The van der Waals surface area contributed by atoms with Gasteiger partial charge < -0.3 is 5.32 Å². The van der Waals surface area contributed by atoms with Gasteiger partial charge in [-0.05, 0) is 34.7 Å². The van der Waals surface area contributed by atoms with E-state index in [4.69, 9.17) is 11.6 Å². The van der Waals surface area contributed by atoms with Gasteiger partial charge in [-0.3, -0.25) is 4.79 Å². The molecule has 0 fully saturated rings. The fourth-order valence-electron chi connectivity index (χ4n) is 2.01. The molecule has 0 aliphatic rings. The monoisotopic (exact) mass is 329 g/mol. The van der Waals surface area contributed by atoms with Gasteiger partial charge in [0.25, 0.3) is 0 Å². The van der Waals surface area contributed by atoms with Crippen molar-refractivity contribution in [3.63, 3.8) is 0 Å². The highest BCUT2D eigenvalue weighted by Gasteiger charge is 2.13. The number of benzene rings is 2. The molecule has 116 valence electrons. The lowest BCUT2D eigenvalue weighted by Gasteiger charge is -2.03. The van der Waals surface area contributed by atoms with Crippen LogP contribution in [0, 0.1) is 0 Å². The Kier molecular flexibility index (Phi) is 4.20. The Hall–Kier alpha value is -2.93. The van der Waals surface area contributed by atoms with E-state index in [1.54, 1.807) is 48.5 Å². The summed E-state index contributed by atoms with van der Waals surface area (Å²) >= 11 is 6.04. The molecule has 3 aromatic rings. The minimum Gasteiger partial charge on any atom is -0.324 e. The van der Waals surface area contributed by atoms with Crippen molar-refractivity contribution in [2.75, 3.05) is 5.32 Å². The molecule has 2 aromatic carbocycles. The molecule has 1 N–H and O–H groups in total. The van der Waals surface area contributed by atoms with Crippen LogP contribution in [0.4, 0.5) is 5.69 Å². The Labute approximate surface area is 136 Å². The van der Waals surface area contributed by atoms with Crippen LogP contribution in [0.1, 0.15) is 0 Å². The summed E-state index contributed by atoms with van der Waals surface area (Å²) in [7, 11) is 0. The number of rotatable bonds is 4. The van der Waals surface area contributed by atoms with Crippen LogP contribution in [0.15, 0.2) is 59.4 Å². The molecule has 0 aliphatic carbocycles. The van der Waals surface area contributed by atoms with E-state index in [2.05, 4.69) is 15.7 Å². The number of carbonyl (C=O) groups is 1. The highest BCUT2D eigenvalue weighted by atomic mass is 35.5. The van der Waals surface area contributed by atoms with Crippen molar-refractivity contribution in [2.24, 2.45) is 0 Å². The third-order valence-corrected chi connectivity index (χ3v) is 3.39. The number of amides is 1. The van der Waals surface area contributed by atoms with Crippen LogP contribution in [0.3, 0.4) is 0 Å². The van der Waals surface area contributed by atoms with E-state index in [0.717, 1.165) is 9.36 Å². The molecule has 0 bridgehead atoms. The first-order valence-electron chi connectivity index (χ1n) is 6.78. The second-order valence-corrected chi connectivity index (χ2v) is 5.10. The predicted molar refractivity (Wildman–Crippen MR) is 85.7 cm³/mol. The summed E-state index contributed by atoms with van der Waals surface area (Å²) in [6.07, 6.45) is 0. The van der Waals surface area contributed by atoms with Crippen molar-refractivity contribution in [3.05, 3.63) is 70.1 Å². The fourth-order valence-corrected chi connectivity index (χ4v) is 2.22. The molecule has 0 saturated heterocycles. The van der Waals surface area contributed by atoms with Crippen molar-refractivity contribution in [3.8, 4) is 5.69 Å². The van der Waals surface area contributed by atoms with Crippen LogP contribution in [0.25, 0.3) is 5.69 Å². The molecule has 7 nitrogen and oxygen atoms in total. The number of halogens is 1. The number of carbonyl (C=O) groups excluding carboxylic acids is 1. The molecule has 0 unspecified atom stereocenters. The van der Waals surface area contributed by atoms with Gasteiger partial charge in [0.15, 0.2) is 0 Å². The summed E-state index contributed by atoms with van der Waals surface area (Å²) < 4.78 is 2.03. The Bertz CT molecular complexity index is 888. The van der Waals surface area contributed by atoms with Gasteiger partial charge in [0.05, 0.1) is 10.7 Å². The zero-order valence-electron chi connectivity index (χ0n) is 11.9. The molecular formula is C15H12ClN5O2. The summed E-state index contributed by atoms with van der Waals surface area (Å²) in [5.41, 5.74) is 0.513. The quantitative estimate of drug-likeness (QED) is 0.790. The summed E-state index contributed by atoms with van der Waals surface area (Å²) in [5, 5.41) is 10.5. The molecule has 1 amide bonds. The van der Waals surface area contributed by atoms with Crippen molar-refractivity contribution in [1.29, 1.82) is 0 Å². The molecule has 1 aromatic heterocycles. The number of anilines is 1. The van der Waals surface area contributed by atoms with Gasteiger partial charge in [0.2, 0.25) is 5.91 Å². The molecular weight excluding hydrogens is 318 g/mol. The maximum Gasteiger partial charge on any atom is 0.369 e. The molecule has 0 spiro atoms. The van der Waals surface area contributed by atoms with Gasteiger partial charge in [0.1, 0.15) is 6.54 Å². The van der Waals surface area contributed by atoms with Gasteiger partial charge in [-0.25, -0.2) is 4.79 Å². The smallest absolute Gasteiger partial charge is 0.324 e. The number of hydrogen-bond acceptors (Lipinski definition) is 4. The highest BCUT2D eigenvalue weighted by molar-refractivity contribution is 6.32. The Balaban J connectivity index is 1.79. The SMILES string of the molecule is O=C(Cn1nnn(-c2ccccc2Cl)c1=O)Nc1ccccc1. The van der Waals surface area contributed by atoms with Gasteiger partial charge in [0, 0.05) is 5.69 Å². The van der Waals surface area contributed by atoms with E-state index >= 15 is 0 Å². The average molecular weight is 330 g/mol. The van der Waals surface area contributed by atoms with Crippen molar-refractivity contribution in [1.82, 2.24) is 19.8 Å². The number of nitrogens with one attached hydrogen (secondary N) is 1. The second kappa shape index (κ2) is 6.45. The van der Waals surface area contributed by atoms with Gasteiger partial charge in [-0.1, -0.05) is 41.9 Å². The standard InChI is InChI=1S/C15H12ClN5O2/c16-12-8-4-5-9-13(12)21-15(23)20(18-19-21)10-14(22)17-11-6-2-1-3-7-11/h1-9H,10H2,(H,17,22). The van der Waals surface area contributed by atoms with Gasteiger partial charge >= 0.3 is 5.69 Å². The lowest BCUT2D eigenvalue weighted by molar-refractivity contribution is -0.117. The molecule has 3 rings (SSSR count). The van der Waals surface area contributed by atoms with E-state index in [0.29, 0.717) is 16.4 Å². The summed E-state index contributed by atoms with van der Waals surface area (Å²) in [5.74, 6) is -0.371. The topological polar surface area (TPSA) is 81.8 Å². The predicted octanol–water partition coefficient (Wildman–Crippen LogP) is 1.72. The van der Waals surface area contributed by atoms with E-state index in [9.17, 15) is 9.59 Å². The molecule has 0 aliphatic heterocycles. The second-order valence-electron chi connectivity index (χ2n) is 4.70. The van der Waals surface area contributed by atoms with E-state index in [-0.39, 0.29) is 12.5 Å². The van der Waals surface area contributed by atoms with Gasteiger partial charge in [-0.15, -0.1) is 0 Å². The first kappa shape index (κ1) is 15.0. The molecule has 8 heteroatoms. The van der Waals surface area contributed by atoms with Crippen molar-refractivity contribution >= 4 is 23.2 Å². The molecule has 1 heterocycles. The lowest BCUT2D eigenvalue weighted by atomic mass is 10.3. The number of nitrogens with zero attached hydrogens (tertiary/aromatic N) is 4. The zero-order chi connectivity index (χ0) is 16.2. The van der Waals surface area contributed by atoms with Crippen LogP contribution in [-0.2, 0) is 11.3 Å². The van der Waals surface area contributed by atoms with Crippen LogP contribution >= 0.6 is 11.6 Å². The van der Waals surface area contributed by atoms with E-state index < -0.39 is 5.69 Å². The third kappa shape index (κ3) is 3.29. The number of para-hydroxylation sites is 2. The minimum atomic E-state index is -0.540. The average Bonchev–Trinajstić information content (AvgIpc) is 2.90. The summed E-state index contributed by atoms with van der Waals surface area (Å²) in [6, 6.07) is 15.7. The minimum absolute atomic E-state index is 0.238. The van der Waals surface area contributed by atoms with E-state index in [1.807, 2.05) is 6.07 Å². The number of hydrogen-bond donors (Lipinski definition) is 1. The van der Waals surface area contributed by atoms with Crippen molar-refractivity contribution < 1.29 is 4.79 Å². The Morgan fingerprint density at radius 2 is 1.74 bits per heavy atom. The first-order valence-corrected chi connectivity index (χ1v) is 7.15. The molecule has 0 saturated carbocycles. The van der Waals surface area contributed by atoms with Crippen LogP contribution < -0.4 is 11.0 Å². The molecule has 23 heavy (non-hydrogen) atoms. The van der Waals surface area contributed by atoms with Crippen LogP contribution in [0.5, 0.6) is 0 Å². The summed E-state index contributed by atoms with van der Waals surface area (Å²) in [4.78, 5) is 24.2. The maximum atomic E-state index is 12.3. The lowest BCUT2D eigenvalue weighted by Crippen LogP contribution is -2.29. The Morgan fingerprint density at radius 1 is 1.04 bits per heavy atom. The summed E-state index contributed by atoms with van der Waals surface area (Å²) in [6.45, 7) is -0.238. The molecule has 0 atom stereocenters. The normalized spacial score (nSPS) is 10.5. The van der Waals surface area contributed by atoms with Crippen LogP contribution in [0.2, 0.25) is 5.02 Å². The first-order chi connectivity index (χ1) is 11.1. The largest absolute Gasteiger partial charge is 0.369 e. The van der Waals surface area contributed by atoms with Gasteiger partial charge in [-0.2, -0.15) is 9.36 Å². The maximum absolute atomic E-state index is 12.3. The van der Waals surface area contributed by atoms with Crippen molar-refractivity contribution in [2.45, 2.75) is 6.54 Å². The highest BCUT2D eigenvalue weighted by Crippen LogP contribution is 2.16. The molecule has 0 radical (unpaired) electrons. The fraction of sp³-hybridized carbons (Fsp3) is 0.0667. The Morgan fingerprint density at radius 3 is 2.48 bits per heavy atom.